The molecule has 1 rings (SSSR count). The summed E-state index contributed by atoms with van der Waals surface area (Å²) in [6.45, 7) is 8.65. The van der Waals surface area contributed by atoms with Gasteiger partial charge in [-0.3, -0.25) is 0 Å². The predicted molar refractivity (Wildman–Crippen MR) is 44.6 cm³/mol. The molecule has 0 aromatic carbocycles. The van der Waals surface area contributed by atoms with Gasteiger partial charge in [0.2, 0.25) is 0 Å². The molecule has 3 nitrogen and oxygen atoms in total. The first-order valence-electron chi connectivity index (χ1n) is 3.80. The van der Waals surface area contributed by atoms with Crippen LogP contribution in [0.25, 0.3) is 0 Å². The number of esters is 1. The molecule has 0 bridgehead atoms. The number of hydrogen-bond acceptors (Lipinski definition) is 3. The monoisotopic (exact) mass is 168 g/mol. The normalized spacial score (nSPS) is 28.8. The molecule has 0 radical (unpaired) electrons. The van der Waals surface area contributed by atoms with Crippen molar-refractivity contribution < 1.29 is 14.3 Å². The molecule has 0 aliphatic carbocycles. The maximum Gasteiger partial charge on any atom is 0.330 e. The third-order valence-electron chi connectivity index (χ3n) is 1.73. The maximum absolute atomic E-state index is 10.7. The summed E-state index contributed by atoms with van der Waals surface area (Å²) >= 11 is 0. The van der Waals surface area contributed by atoms with Gasteiger partial charge in [0.1, 0.15) is 18.3 Å². The Balaban J connectivity index is 2.30. The van der Waals surface area contributed by atoms with E-state index in [-0.39, 0.29) is 18.3 Å². The van der Waals surface area contributed by atoms with Crippen LogP contribution in [-0.4, -0.2) is 24.3 Å². The molecule has 0 aromatic heterocycles. The lowest BCUT2D eigenvalue weighted by Crippen LogP contribution is -2.20. The van der Waals surface area contributed by atoms with Crippen molar-refractivity contribution in [2.45, 2.75) is 25.2 Å². The molecule has 12 heavy (non-hydrogen) atoms. The zero-order valence-electron chi connectivity index (χ0n) is 7.03. The number of epoxide rings is 1. The van der Waals surface area contributed by atoms with Gasteiger partial charge in [-0.25, -0.2) is 4.79 Å². The molecule has 1 heterocycles. The third kappa shape index (κ3) is 1.95. The minimum absolute atomic E-state index is 0.0219. The van der Waals surface area contributed by atoms with E-state index in [0.717, 1.165) is 6.08 Å². The fourth-order valence-corrected chi connectivity index (χ4v) is 1.00. The van der Waals surface area contributed by atoms with Gasteiger partial charge in [0.25, 0.3) is 0 Å². The van der Waals surface area contributed by atoms with Gasteiger partial charge < -0.3 is 9.47 Å². The van der Waals surface area contributed by atoms with Crippen LogP contribution in [-0.2, 0) is 14.3 Å². The Bertz CT molecular complexity index is 210. The van der Waals surface area contributed by atoms with Crippen molar-refractivity contribution in [2.24, 2.45) is 0 Å². The van der Waals surface area contributed by atoms with Crippen molar-refractivity contribution in [3.8, 4) is 0 Å². The Hall–Kier alpha value is -1.09. The summed E-state index contributed by atoms with van der Waals surface area (Å²) in [4.78, 5) is 10.7. The summed E-state index contributed by atoms with van der Waals surface area (Å²) in [5, 5.41) is 0. The van der Waals surface area contributed by atoms with E-state index in [4.69, 9.17) is 9.47 Å². The standard InChI is InChI=1S/C9H12O3/c1-4-7-9(12-7)6(3)11-8(10)5-2/h4-7,9H,1-2H2,3H3. The number of carbonyl (C=O) groups excluding carboxylic acids is 1. The van der Waals surface area contributed by atoms with Gasteiger partial charge in [0, 0.05) is 6.08 Å². The summed E-state index contributed by atoms with van der Waals surface area (Å²) in [7, 11) is 0. The van der Waals surface area contributed by atoms with E-state index in [1.807, 2.05) is 0 Å². The lowest BCUT2D eigenvalue weighted by molar-refractivity contribution is -0.143. The predicted octanol–water partition coefficient (Wildman–Crippen LogP) is 1.06. The van der Waals surface area contributed by atoms with Gasteiger partial charge in [-0.05, 0) is 6.92 Å². The minimum atomic E-state index is -0.416. The molecule has 3 atom stereocenters. The second kappa shape index (κ2) is 3.54. The number of hydrogen-bond donors (Lipinski definition) is 0. The zero-order chi connectivity index (χ0) is 9.14. The molecule has 0 amide bonds. The molecule has 0 N–H and O–H groups in total. The van der Waals surface area contributed by atoms with E-state index in [1.54, 1.807) is 13.0 Å². The van der Waals surface area contributed by atoms with Gasteiger partial charge in [0.15, 0.2) is 0 Å². The van der Waals surface area contributed by atoms with E-state index in [0.29, 0.717) is 0 Å². The Morgan fingerprint density at radius 2 is 2.33 bits per heavy atom. The SMILES string of the molecule is C=CC(=O)OC(C)C1OC1C=C. The summed E-state index contributed by atoms with van der Waals surface area (Å²) in [5.74, 6) is -0.416. The maximum atomic E-state index is 10.7. The molecular formula is C9H12O3. The van der Waals surface area contributed by atoms with Crippen molar-refractivity contribution in [1.29, 1.82) is 0 Å². The van der Waals surface area contributed by atoms with E-state index in [9.17, 15) is 4.79 Å². The van der Waals surface area contributed by atoms with Crippen LogP contribution in [0.3, 0.4) is 0 Å². The van der Waals surface area contributed by atoms with Gasteiger partial charge in [-0.15, -0.1) is 6.58 Å². The molecule has 1 saturated heterocycles. The fourth-order valence-electron chi connectivity index (χ4n) is 1.00. The van der Waals surface area contributed by atoms with Gasteiger partial charge in [-0.1, -0.05) is 12.7 Å². The first-order valence-corrected chi connectivity index (χ1v) is 3.80. The van der Waals surface area contributed by atoms with E-state index in [1.165, 1.54) is 0 Å². The lowest BCUT2D eigenvalue weighted by Gasteiger charge is -2.07. The highest BCUT2D eigenvalue weighted by Crippen LogP contribution is 2.27. The lowest BCUT2D eigenvalue weighted by atomic mass is 10.2. The Morgan fingerprint density at radius 3 is 2.75 bits per heavy atom. The average Bonchev–Trinajstić information content (AvgIpc) is 2.82. The van der Waals surface area contributed by atoms with Crippen molar-refractivity contribution in [3.63, 3.8) is 0 Å². The van der Waals surface area contributed by atoms with Crippen LogP contribution in [0.4, 0.5) is 0 Å². The molecule has 0 aromatic rings. The smallest absolute Gasteiger partial charge is 0.330 e. The second-order valence-corrected chi connectivity index (χ2v) is 2.65. The minimum Gasteiger partial charge on any atom is -0.457 e. The molecular weight excluding hydrogens is 156 g/mol. The second-order valence-electron chi connectivity index (χ2n) is 2.65. The third-order valence-corrected chi connectivity index (χ3v) is 1.73. The first-order chi connectivity index (χ1) is 5.69. The van der Waals surface area contributed by atoms with Crippen molar-refractivity contribution in [1.82, 2.24) is 0 Å². The molecule has 3 unspecified atom stereocenters. The van der Waals surface area contributed by atoms with E-state index < -0.39 is 5.97 Å². The number of ether oxygens (including phenoxy) is 2. The average molecular weight is 168 g/mol. The van der Waals surface area contributed by atoms with Crippen LogP contribution in [0.1, 0.15) is 6.92 Å². The quantitative estimate of drug-likeness (QED) is 0.272. The van der Waals surface area contributed by atoms with E-state index in [2.05, 4.69) is 13.2 Å². The summed E-state index contributed by atoms with van der Waals surface area (Å²) in [5.41, 5.74) is 0. The zero-order valence-corrected chi connectivity index (χ0v) is 7.03. The van der Waals surface area contributed by atoms with Gasteiger partial charge in [-0.2, -0.15) is 0 Å². The molecule has 0 saturated carbocycles. The molecule has 1 aliphatic heterocycles. The van der Waals surface area contributed by atoms with Crippen LogP contribution in [0.15, 0.2) is 25.3 Å². The van der Waals surface area contributed by atoms with Crippen molar-refractivity contribution in [2.75, 3.05) is 0 Å². The van der Waals surface area contributed by atoms with Crippen LogP contribution < -0.4 is 0 Å². The summed E-state index contributed by atoms with van der Waals surface area (Å²) in [6.07, 6.45) is 2.63. The summed E-state index contributed by atoms with van der Waals surface area (Å²) < 4.78 is 10.1. The largest absolute Gasteiger partial charge is 0.457 e. The van der Waals surface area contributed by atoms with Crippen LogP contribution >= 0.6 is 0 Å². The number of rotatable bonds is 4. The molecule has 3 heteroatoms. The highest BCUT2D eigenvalue weighted by atomic mass is 16.6. The Labute approximate surface area is 71.7 Å². The fraction of sp³-hybridized carbons (Fsp3) is 0.444. The van der Waals surface area contributed by atoms with E-state index >= 15 is 0 Å². The molecule has 66 valence electrons. The van der Waals surface area contributed by atoms with Crippen molar-refractivity contribution in [3.05, 3.63) is 25.3 Å². The Kier molecular flexibility index (Phi) is 2.65. The molecule has 0 spiro atoms. The Morgan fingerprint density at radius 1 is 1.67 bits per heavy atom. The topological polar surface area (TPSA) is 38.8 Å². The van der Waals surface area contributed by atoms with Crippen LogP contribution in [0, 0.1) is 0 Å². The molecule has 1 aliphatic rings. The van der Waals surface area contributed by atoms with Gasteiger partial charge >= 0.3 is 5.97 Å². The van der Waals surface area contributed by atoms with Crippen LogP contribution in [0.2, 0.25) is 0 Å². The number of carbonyl (C=O) groups is 1. The highest BCUT2D eigenvalue weighted by molar-refractivity contribution is 5.81. The first kappa shape index (κ1) is 9.00. The van der Waals surface area contributed by atoms with Gasteiger partial charge in [0.05, 0.1) is 0 Å². The van der Waals surface area contributed by atoms with Crippen LogP contribution in [0.5, 0.6) is 0 Å². The van der Waals surface area contributed by atoms with Crippen molar-refractivity contribution >= 4 is 5.97 Å². The molecule has 1 fully saturated rings. The highest BCUT2D eigenvalue weighted by Gasteiger charge is 2.42. The summed E-state index contributed by atoms with van der Waals surface area (Å²) in [6, 6.07) is 0.